The predicted octanol–water partition coefficient (Wildman–Crippen LogP) is 4.46. The van der Waals surface area contributed by atoms with Crippen molar-refractivity contribution in [2.75, 3.05) is 13.7 Å². The molecule has 10 nitrogen and oxygen atoms in total. The van der Waals surface area contributed by atoms with Crippen LogP contribution in [0.3, 0.4) is 0 Å². The van der Waals surface area contributed by atoms with Gasteiger partial charge in [0.15, 0.2) is 5.78 Å². The number of Topliss-reactive ketones (excluding diaryl/α,β-unsaturated/α-hetero) is 1. The van der Waals surface area contributed by atoms with Gasteiger partial charge in [0, 0.05) is 19.5 Å². The number of nitrogens with zero attached hydrogens (tertiary/aromatic N) is 1. The lowest BCUT2D eigenvalue weighted by molar-refractivity contribution is -0.140. The SMILES string of the molecule is COC(=O)c1cccc(CNC(=O)[C@]23CC(=O)[C@@H]4CCCN4C(=O)[C@@H](NC(=O)OC(C)(C)C)CCCCC/C=C\[C@@H]2C3)c1. The van der Waals surface area contributed by atoms with E-state index < -0.39 is 35.2 Å². The molecule has 2 heterocycles. The summed E-state index contributed by atoms with van der Waals surface area (Å²) in [6.45, 7) is 5.95. The fourth-order valence-corrected chi connectivity index (χ4v) is 6.16. The first-order valence-electron chi connectivity index (χ1n) is 15.4. The van der Waals surface area contributed by atoms with Crippen LogP contribution in [-0.4, -0.2) is 65.9 Å². The summed E-state index contributed by atoms with van der Waals surface area (Å²) in [6, 6.07) is 5.47. The number of carbonyl (C=O) groups excluding carboxylic acids is 5. The molecule has 43 heavy (non-hydrogen) atoms. The number of esters is 1. The smallest absolute Gasteiger partial charge is 0.408 e. The molecule has 2 fully saturated rings. The third-order valence-electron chi connectivity index (χ3n) is 8.51. The van der Waals surface area contributed by atoms with E-state index >= 15 is 0 Å². The Bertz CT molecular complexity index is 1250. The summed E-state index contributed by atoms with van der Waals surface area (Å²) in [4.78, 5) is 67.3. The maximum Gasteiger partial charge on any atom is 0.408 e. The minimum absolute atomic E-state index is 0.0364. The number of fused-ring (bicyclic) bond motifs is 2. The molecular weight excluding hydrogens is 550 g/mol. The van der Waals surface area contributed by atoms with Crippen LogP contribution in [0.15, 0.2) is 36.4 Å². The molecule has 234 valence electrons. The molecule has 4 atom stereocenters. The summed E-state index contributed by atoms with van der Waals surface area (Å²) in [5, 5.41) is 5.76. The van der Waals surface area contributed by atoms with Crippen molar-refractivity contribution in [1.29, 1.82) is 0 Å². The monoisotopic (exact) mass is 595 g/mol. The van der Waals surface area contributed by atoms with Gasteiger partial charge in [0.2, 0.25) is 11.8 Å². The standard InChI is InChI=1S/C33H45N3O7/c1-32(2,3)43-31(41)35-25-15-9-7-5-6-8-14-24-19-33(24,20-27(37)26-16-11-17-36(26)28(25)38)30(40)34-21-22-12-10-13-23(18-22)29(39)42-4/h8,10,12-14,18,24-26H,5-7,9,11,15-17,19-21H2,1-4H3,(H,34,40)(H,35,41)/b14-8-/t24-,25+,26+,33-/m1/s1. The lowest BCUT2D eigenvalue weighted by Gasteiger charge is -2.30. The van der Waals surface area contributed by atoms with Crippen LogP contribution in [0.1, 0.15) is 94.5 Å². The van der Waals surface area contributed by atoms with Gasteiger partial charge in [-0.3, -0.25) is 14.4 Å². The molecule has 0 bridgehead atoms. The first-order chi connectivity index (χ1) is 20.4. The molecule has 2 N–H and O–H groups in total. The topological polar surface area (TPSA) is 131 Å². The Hall–Kier alpha value is -3.69. The zero-order valence-corrected chi connectivity index (χ0v) is 25.8. The number of hydrogen-bond acceptors (Lipinski definition) is 7. The van der Waals surface area contributed by atoms with E-state index in [0.29, 0.717) is 37.8 Å². The van der Waals surface area contributed by atoms with Crippen molar-refractivity contribution in [2.24, 2.45) is 11.3 Å². The Labute approximate surface area is 253 Å². The molecule has 4 rings (SSSR count). The van der Waals surface area contributed by atoms with Crippen molar-refractivity contribution >= 4 is 29.7 Å². The Morgan fingerprint density at radius 2 is 1.86 bits per heavy atom. The van der Waals surface area contributed by atoms with Gasteiger partial charge in [-0.25, -0.2) is 9.59 Å². The molecule has 1 aromatic rings. The van der Waals surface area contributed by atoms with Crippen LogP contribution in [-0.2, 0) is 30.4 Å². The van der Waals surface area contributed by atoms with Gasteiger partial charge in [0.1, 0.15) is 11.6 Å². The van der Waals surface area contributed by atoms with Gasteiger partial charge in [-0.05, 0) is 82.9 Å². The van der Waals surface area contributed by atoms with Gasteiger partial charge < -0.3 is 25.0 Å². The largest absolute Gasteiger partial charge is 0.465 e. The van der Waals surface area contributed by atoms with Crippen LogP contribution >= 0.6 is 0 Å². The van der Waals surface area contributed by atoms with Gasteiger partial charge in [-0.1, -0.05) is 37.1 Å². The molecule has 0 unspecified atom stereocenters. The van der Waals surface area contributed by atoms with Gasteiger partial charge in [-0.2, -0.15) is 0 Å². The average molecular weight is 596 g/mol. The third-order valence-corrected chi connectivity index (χ3v) is 8.51. The molecule has 1 aliphatic carbocycles. The number of carbonyl (C=O) groups is 5. The fraction of sp³-hybridized carbons (Fsp3) is 0.606. The second-order valence-electron chi connectivity index (χ2n) is 12.9. The van der Waals surface area contributed by atoms with Crippen molar-refractivity contribution in [2.45, 2.75) is 103 Å². The molecule has 3 aliphatic rings. The normalized spacial score (nSPS) is 27.1. The highest BCUT2D eigenvalue weighted by Crippen LogP contribution is 2.57. The molecule has 0 radical (unpaired) electrons. The second-order valence-corrected chi connectivity index (χ2v) is 12.9. The van der Waals surface area contributed by atoms with Gasteiger partial charge in [0.25, 0.3) is 0 Å². The van der Waals surface area contributed by atoms with Gasteiger partial charge in [-0.15, -0.1) is 0 Å². The summed E-state index contributed by atoms with van der Waals surface area (Å²) >= 11 is 0. The minimum atomic E-state index is -0.876. The quantitative estimate of drug-likeness (QED) is 0.380. The Kier molecular flexibility index (Phi) is 10.3. The summed E-state index contributed by atoms with van der Waals surface area (Å²) in [5.74, 6) is -1.12. The maximum atomic E-state index is 13.8. The maximum absolute atomic E-state index is 13.8. The van der Waals surface area contributed by atoms with E-state index in [0.717, 1.165) is 31.2 Å². The zero-order chi connectivity index (χ0) is 31.2. The van der Waals surface area contributed by atoms with E-state index in [-0.39, 0.29) is 36.5 Å². The summed E-state index contributed by atoms with van der Waals surface area (Å²) in [5.41, 5.74) is -0.432. The van der Waals surface area contributed by atoms with Crippen LogP contribution in [0.4, 0.5) is 4.79 Å². The number of ether oxygens (including phenoxy) is 2. The van der Waals surface area contributed by atoms with Crippen LogP contribution in [0, 0.1) is 11.3 Å². The molecule has 10 heteroatoms. The van der Waals surface area contributed by atoms with Crippen LogP contribution < -0.4 is 10.6 Å². The van der Waals surface area contributed by atoms with Crippen molar-refractivity contribution in [3.05, 3.63) is 47.5 Å². The van der Waals surface area contributed by atoms with Crippen LogP contribution in [0.25, 0.3) is 0 Å². The molecule has 1 aromatic carbocycles. The number of benzene rings is 1. The molecule has 3 amide bonds. The van der Waals surface area contributed by atoms with Crippen molar-refractivity contribution in [1.82, 2.24) is 15.5 Å². The van der Waals surface area contributed by atoms with Crippen LogP contribution in [0.5, 0.6) is 0 Å². The first kappa shape index (κ1) is 32.2. The van der Waals surface area contributed by atoms with Crippen LogP contribution in [0.2, 0.25) is 0 Å². The highest BCUT2D eigenvalue weighted by molar-refractivity contribution is 5.97. The summed E-state index contributed by atoms with van der Waals surface area (Å²) < 4.78 is 10.2. The Morgan fingerprint density at radius 3 is 2.60 bits per heavy atom. The number of allylic oxidation sites excluding steroid dienone is 2. The Morgan fingerprint density at radius 1 is 1.07 bits per heavy atom. The zero-order valence-electron chi connectivity index (χ0n) is 25.8. The molecule has 1 saturated heterocycles. The lowest BCUT2D eigenvalue weighted by atomic mass is 9.91. The molecule has 2 aliphatic heterocycles. The first-order valence-corrected chi connectivity index (χ1v) is 15.4. The predicted molar refractivity (Wildman–Crippen MR) is 160 cm³/mol. The average Bonchev–Trinajstić information content (AvgIpc) is 3.42. The Balaban J connectivity index is 1.50. The number of nitrogens with one attached hydrogen (secondary N) is 2. The minimum Gasteiger partial charge on any atom is -0.465 e. The van der Waals surface area contributed by atoms with Gasteiger partial charge >= 0.3 is 12.1 Å². The van der Waals surface area contributed by atoms with Crippen molar-refractivity contribution < 1.29 is 33.4 Å². The third kappa shape index (κ3) is 8.24. The van der Waals surface area contributed by atoms with E-state index in [1.807, 2.05) is 6.07 Å². The number of ketones is 1. The number of alkyl carbamates (subject to hydrolysis) is 1. The van der Waals surface area contributed by atoms with Gasteiger partial charge in [0.05, 0.1) is 24.1 Å². The van der Waals surface area contributed by atoms with E-state index in [2.05, 4.69) is 22.8 Å². The highest BCUT2D eigenvalue weighted by Gasteiger charge is 2.60. The molecule has 0 aromatic heterocycles. The van der Waals surface area contributed by atoms with Crippen molar-refractivity contribution in [3.8, 4) is 0 Å². The molecular formula is C33H45N3O7. The lowest BCUT2D eigenvalue weighted by Crippen LogP contribution is -2.52. The van der Waals surface area contributed by atoms with E-state index in [1.54, 1.807) is 43.9 Å². The molecule has 0 spiro atoms. The summed E-state index contributed by atoms with van der Waals surface area (Å²) in [7, 11) is 1.32. The fourth-order valence-electron chi connectivity index (χ4n) is 6.16. The summed E-state index contributed by atoms with van der Waals surface area (Å²) in [6.07, 6.45) is 9.15. The van der Waals surface area contributed by atoms with E-state index in [9.17, 15) is 24.0 Å². The second kappa shape index (κ2) is 13.7. The molecule has 1 saturated carbocycles. The van der Waals surface area contributed by atoms with E-state index in [1.165, 1.54) is 7.11 Å². The number of rotatable bonds is 5. The number of amides is 3. The highest BCUT2D eigenvalue weighted by atomic mass is 16.6. The van der Waals surface area contributed by atoms with E-state index in [4.69, 9.17) is 9.47 Å². The number of methoxy groups -OCH3 is 1. The van der Waals surface area contributed by atoms with Crippen molar-refractivity contribution in [3.63, 3.8) is 0 Å². The number of hydrogen-bond donors (Lipinski definition) is 2.